The minimum atomic E-state index is -1.11. The lowest BCUT2D eigenvalue weighted by atomic mass is 10.2. The molecule has 3 rings (SSSR count). The zero-order valence-electron chi connectivity index (χ0n) is 15.8. The fourth-order valence-electron chi connectivity index (χ4n) is 2.83. The number of rotatable bonds is 5. The van der Waals surface area contributed by atoms with Crippen molar-refractivity contribution in [2.45, 2.75) is 26.9 Å². The predicted octanol–water partition coefficient (Wildman–Crippen LogP) is 3.81. The number of hydrogen-bond acceptors (Lipinski definition) is 4. The second kappa shape index (κ2) is 8.04. The molecule has 0 bridgehead atoms. The van der Waals surface area contributed by atoms with Gasteiger partial charge in [0.25, 0.3) is 5.91 Å². The molecular weight excluding hydrogens is 361 g/mol. The zero-order valence-corrected chi connectivity index (χ0v) is 15.8. The molecule has 1 atom stereocenters. The third-order valence-electron chi connectivity index (χ3n) is 4.28. The Morgan fingerprint density at radius 1 is 1.07 bits per heavy atom. The molecule has 6 nitrogen and oxygen atoms in total. The Balaban J connectivity index is 1.75. The number of nitrogens with zero attached hydrogens (tertiary/aromatic N) is 2. The van der Waals surface area contributed by atoms with Crippen molar-refractivity contribution in [2.75, 3.05) is 5.32 Å². The first-order valence-corrected chi connectivity index (χ1v) is 8.76. The average molecular weight is 381 g/mol. The van der Waals surface area contributed by atoms with Crippen LogP contribution in [0.15, 0.2) is 54.6 Å². The molecule has 0 unspecified atom stereocenters. The van der Waals surface area contributed by atoms with E-state index in [0.717, 1.165) is 5.69 Å². The van der Waals surface area contributed by atoms with Crippen LogP contribution in [0.3, 0.4) is 0 Å². The average Bonchev–Trinajstić information content (AvgIpc) is 2.98. The van der Waals surface area contributed by atoms with E-state index in [-0.39, 0.29) is 5.69 Å². The van der Waals surface area contributed by atoms with Gasteiger partial charge in [0.2, 0.25) is 0 Å². The molecule has 0 saturated carbocycles. The lowest BCUT2D eigenvalue weighted by Crippen LogP contribution is -2.30. The molecule has 1 aromatic heterocycles. The number of esters is 1. The van der Waals surface area contributed by atoms with Crippen molar-refractivity contribution in [3.63, 3.8) is 0 Å². The van der Waals surface area contributed by atoms with E-state index in [1.807, 2.05) is 30.3 Å². The largest absolute Gasteiger partial charge is 0.449 e. The highest BCUT2D eigenvalue weighted by Crippen LogP contribution is 2.20. The highest BCUT2D eigenvalue weighted by Gasteiger charge is 2.25. The standard InChI is InChI=1S/C21H20FN3O3/c1-13-19(14(2)25(24-13)16-9-5-4-6-10-16)21(27)28-15(3)20(26)23-18-12-8-7-11-17(18)22/h4-12,15H,1-3H3,(H,23,26)/t15-/m1/s1. The molecule has 144 valence electrons. The third-order valence-corrected chi connectivity index (χ3v) is 4.28. The van der Waals surface area contributed by atoms with Gasteiger partial charge in [-0.2, -0.15) is 5.10 Å². The maximum atomic E-state index is 13.7. The van der Waals surface area contributed by atoms with Crippen molar-refractivity contribution in [3.8, 4) is 5.69 Å². The summed E-state index contributed by atoms with van der Waals surface area (Å²) in [5.41, 5.74) is 2.24. The molecule has 0 spiro atoms. The maximum Gasteiger partial charge on any atom is 0.342 e. The first kappa shape index (κ1) is 19.3. The fraction of sp³-hybridized carbons (Fsp3) is 0.190. The van der Waals surface area contributed by atoms with Gasteiger partial charge in [0.1, 0.15) is 11.4 Å². The van der Waals surface area contributed by atoms with Gasteiger partial charge in [0.15, 0.2) is 6.10 Å². The number of aromatic nitrogens is 2. The maximum absolute atomic E-state index is 13.7. The van der Waals surface area contributed by atoms with Crippen LogP contribution in [-0.2, 0) is 9.53 Å². The Labute approximate surface area is 161 Å². The molecule has 0 aliphatic rings. The second-order valence-electron chi connectivity index (χ2n) is 6.31. The Morgan fingerprint density at radius 2 is 1.71 bits per heavy atom. The van der Waals surface area contributed by atoms with Crippen LogP contribution in [0.2, 0.25) is 0 Å². The minimum absolute atomic E-state index is 0.0275. The summed E-state index contributed by atoms with van der Waals surface area (Å²) in [7, 11) is 0. The summed E-state index contributed by atoms with van der Waals surface area (Å²) in [6.07, 6.45) is -1.11. The van der Waals surface area contributed by atoms with Gasteiger partial charge >= 0.3 is 5.97 Å². The number of ether oxygens (including phenoxy) is 1. The van der Waals surface area contributed by atoms with Gasteiger partial charge in [-0.05, 0) is 45.0 Å². The first-order valence-electron chi connectivity index (χ1n) is 8.76. The van der Waals surface area contributed by atoms with E-state index in [1.165, 1.54) is 25.1 Å². The lowest BCUT2D eigenvalue weighted by molar-refractivity contribution is -0.123. The van der Waals surface area contributed by atoms with Crippen LogP contribution in [0.1, 0.15) is 28.7 Å². The molecule has 0 aliphatic carbocycles. The molecule has 3 aromatic rings. The molecule has 2 aromatic carbocycles. The van der Waals surface area contributed by atoms with Crippen LogP contribution >= 0.6 is 0 Å². The number of anilines is 1. The van der Waals surface area contributed by atoms with Crippen molar-refractivity contribution in [1.29, 1.82) is 0 Å². The van der Waals surface area contributed by atoms with Crippen LogP contribution in [0, 0.1) is 19.7 Å². The number of aryl methyl sites for hydroxylation is 1. The highest BCUT2D eigenvalue weighted by atomic mass is 19.1. The predicted molar refractivity (Wildman–Crippen MR) is 103 cm³/mol. The molecule has 7 heteroatoms. The molecule has 0 saturated heterocycles. The SMILES string of the molecule is Cc1nn(-c2ccccc2)c(C)c1C(=O)O[C@H](C)C(=O)Nc1ccccc1F. The Kier molecular flexibility index (Phi) is 5.54. The van der Waals surface area contributed by atoms with Gasteiger partial charge in [-0.15, -0.1) is 0 Å². The molecule has 0 aliphatic heterocycles. The second-order valence-corrected chi connectivity index (χ2v) is 6.31. The van der Waals surface area contributed by atoms with Crippen molar-refractivity contribution >= 4 is 17.6 Å². The molecule has 0 radical (unpaired) electrons. The monoisotopic (exact) mass is 381 g/mol. The molecular formula is C21H20FN3O3. The summed E-state index contributed by atoms with van der Waals surface area (Å²) < 4.78 is 20.6. The van der Waals surface area contributed by atoms with E-state index < -0.39 is 23.8 Å². The quantitative estimate of drug-likeness (QED) is 0.682. The van der Waals surface area contributed by atoms with Gasteiger partial charge in [0.05, 0.1) is 22.8 Å². The van der Waals surface area contributed by atoms with Gasteiger partial charge in [0, 0.05) is 0 Å². The van der Waals surface area contributed by atoms with Crippen molar-refractivity contribution in [1.82, 2.24) is 9.78 Å². The van der Waals surface area contributed by atoms with Gasteiger partial charge in [-0.25, -0.2) is 13.9 Å². The number of carbonyl (C=O) groups is 2. The summed E-state index contributed by atoms with van der Waals surface area (Å²) >= 11 is 0. The van der Waals surface area contributed by atoms with E-state index in [1.54, 1.807) is 24.6 Å². The lowest BCUT2D eigenvalue weighted by Gasteiger charge is -2.14. The first-order chi connectivity index (χ1) is 13.4. The molecule has 0 fully saturated rings. The molecule has 28 heavy (non-hydrogen) atoms. The number of carbonyl (C=O) groups excluding carboxylic acids is 2. The zero-order chi connectivity index (χ0) is 20.3. The number of nitrogens with one attached hydrogen (secondary N) is 1. The van der Waals surface area contributed by atoms with Crippen molar-refractivity contribution < 1.29 is 18.7 Å². The van der Waals surface area contributed by atoms with E-state index in [2.05, 4.69) is 10.4 Å². The summed E-state index contributed by atoms with van der Waals surface area (Å²) in [5.74, 6) is -1.84. The number of para-hydroxylation sites is 2. The number of benzene rings is 2. The molecule has 1 amide bonds. The van der Waals surface area contributed by atoms with Crippen molar-refractivity contribution in [3.05, 3.63) is 77.4 Å². The van der Waals surface area contributed by atoms with Gasteiger partial charge < -0.3 is 10.1 Å². The number of amides is 1. The fourth-order valence-corrected chi connectivity index (χ4v) is 2.83. The minimum Gasteiger partial charge on any atom is -0.449 e. The van der Waals surface area contributed by atoms with E-state index in [0.29, 0.717) is 17.0 Å². The smallest absolute Gasteiger partial charge is 0.342 e. The van der Waals surface area contributed by atoms with Crippen molar-refractivity contribution in [2.24, 2.45) is 0 Å². The number of hydrogen-bond donors (Lipinski definition) is 1. The summed E-state index contributed by atoms with van der Waals surface area (Å²) in [6, 6.07) is 15.2. The molecule has 1 heterocycles. The number of halogens is 1. The van der Waals surface area contributed by atoms with Crippen LogP contribution in [0.5, 0.6) is 0 Å². The topological polar surface area (TPSA) is 73.2 Å². The van der Waals surface area contributed by atoms with E-state index in [9.17, 15) is 14.0 Å². The molecule has 1 N–H and O–H groups in total. The Hall–Kier alpha value is -3.48. The van der Waals surface area contributed by atoms with Crippen LogP contribution in [-0.4, -0.2) is 27.8 Å². The Morgan fingerprint density at radius 3 is 2.39 bits per heavy atom. The highest BCUT2D eigenvalue weighted by molar-refractivity contribution is 5.98. The summed E-state index contributed by atoms with van der Waals surface area (Å²) in [4.78, 5) is 24.9. The summed E-state index contributed by atoms with van der Waals surface area (Å²) in [5, 5.41) is 6.81. The van der Waals surface area contributed by atoms with E-state index >= 15 is 0 Å². The van der Waals surface area contributed by atoms with Crippen LogP contribution in [0.4, 0.5) is 10.1 Å². The van der Waals surface area contributed by atoms with E-state index in [4.69, 9.17) is 4.74 Å². The van der Waals surface area contributed by atoms with Crippen LogP contribution in [0.25, 0.3) is 5.69 Å². The van der Waals surface area contributed by atoms with Gasteiger partial charge in [-0.1, -0.05) is 30.3 Å². The Bertz CT molecular complexity index is 1010. The normalized spacial score (nSPS) is 11.7. The summed E-state index contributed by atoms with van der Waals surface area (Å²) in [6.45, 7) is 4.89. The van der Waals surface area contributed by atoms with Gasteiger partial charge in [-0.3, -0.25) is 4.79 Å². The van der Waals surface area contributed by atoms with Crippen LogP contribution < -0.4 is 5.32 Å². The third kappa shape index (κ3) is 3.93.